The topological polar surface area (TPSA) is 0 Å². The van der Waals surface area contributed by atoms with Gasteiger partial charge in [-0.05, 0) is 111 Å². The van der Waals surface area contributed by atoms with Crippen molar-refractivity contribution in [3.63, 3.8) is 0 Å². The Morgan fingerprint density at radius 1 is 0.920 bits per heavy atom. The van der Waals surface area contributed by atoms with E-state index < -0.39 is 0 Å². The molecule has 0 heteroatoms. The van der Waals surface area contributed by atoms with E-state index >= 15 is 0 Å². The van der Waals surface area contributed by atoms with Crippen molar-refractivity contribution < 1.29 is 0 Å². The van der Waals surface area contributed by atoms with Gasteiger partial charge in [0.2, 0.25) is 0 Å². The summed E-state index contributed by atoms with van der Waals surface area (Å²) in [6.07, 6.45) is 20.1. The summed E-state index contributed by atoms with van der Waals surface area (Å²) in [5.41, 5.74) is 1.36. The lowest BCUT2D eigenvalue weighted by Crippen LogP contribution is -2.53. The summed E-state index contributed by atoms with van der Waals surface area (Å²) in [6.45, 7) is 11.9. The summed E-state index contributed by atoms with van der Waals surface area (Å²) in [6, 6.07) is 0. The summed E-state index contributed by atoms with van der Waals surface area (Å²) in [5.74, 6) is 6.11. The smallest absolute Gasteiger partial charge is 0.0264 e. The van der Waals surface area contributed by atoms with Gasteiger partial charge in [-0.25, -0.2) is 0 Å². The molecule has 0 amide bonds. The van der Waals surface area contributed by atoms with Gasteiger partial charge >= 0.3 is 0 Å². The van der Waals surface area contributed by atoms with Crippen LogP contribution in [-0.2, 0) is 0 Å². The molecule has 0 radical (unpaired) electrons. The van der Waals surface area contributed by atoms with E-state index in [1.54, 1.807) is 38.5 Å². The third-order valence-corrected chi connectivity index (χ3v) is 10.2. The predicted molar refractivity (Wildman–Crippen MR) is 108 cm³/mol. The van der Waals surface area contributed by atoms with Gasteiger partial charge < -0.3 is 0 Å². The average molecular weight is 343 g/mol. The third kappa shape index (κ3) is 2.76. The van der Waals surface area contributed by atoms with Gasteiger partial charge in [0.25, 0.3) is 0 Å². The highest BCUT2D eigenvalue weighted by atomic mass is 14.6. The molecule has 4 aliphatic carbocycles. The standard InChI is InChI=1S/C25H42/c1-5-6-9-18(2)21-13-14-22-20-12-11-19-10-7-8-16-24(19,3)23(20)15-17-25(21,22)4/h5,18-23H,1,6-17H2,2-4H3. The van der Waals surface area contributed by atoms with Crippen LogP contribution >= 0.6 is 0 Å². The van der Waals surface area contributed by atoms with Crippen LogP contribution in [0.3, 0.4) is 0 Å². The lowest BCUT2D eigenvalue weighted by atomic mass is 9.44. The molecule has 4 fully saturated rings. The summed E-state index contributed by atoms with van der Waals surface area (Å²) in [4.78, 5) is 0. The maximum atomic E-state index is 3.96. The number of hydrogen-bond donors (Lipinski definition) is 0. The van der Waals surface area contributed by atoms with E-state index in [0.717, 1.165) is 35.5 Å². The second kappa shape index (κ2) is 6.72. The van der Waals surface area contributed by atoms with Crippen LogP contribution in [-0.4, -0.2) is 0 Å². The molecule has 0 aromatic heterocycles. The number of hydrogen-bond acceptors (Lipinski definition) is 0. The number of allylic oxidation sites excluding steroid dienone is 1. The fraction of sp³-hybridized carbons (Fsp3) is 0.920. The van der Waals surface area contributed by atoms with Crippen LogP contribution in [0.25, 0.3) is 0 Å². The van der Waals surface area contributed by atoms with Crippen molar-refractivity contribution in [2.75, 3.05) is 0 Å². The summed E-state index contributed by atoms with van der Waals surface area (Å²) in [5, 5.41) is 0. The molecule has 0 N–H and O–H groups in total. The van der Waals surface area contributed by atoms with Crippen molar-refractivity contribution in [1.29, 1.82) is 0 Å². The van der Waals surface area contributed by atoms with Crippen LogP contribution in [0, 0.1) is 46.3 Å². The molecule has 0 bridgehead atoms. The van der Waals surface area contributed by atoms with Gasteiger partial charge in [-0.2, -0.15) is 0 Å². The molecule has 0 aliphatic heterocycles. The summed E-state index contributed by atoms with van der Waals surface area (Å²) < 4.78 is 0. The highest BCUT2D eigenvalue weighted by molar-refractivity contribution is 5.09. The van der Waals surface area contributed by atoms with Crippen LogP contribution in [0.1, 0.15) is 97.8 Å². The Morgan fingerprint density at radius 2 is 1.72 bits per heavy atom. The molecule has 4 rings (SSSR count). The second-order valence-electron chi connectivity index (χ2n) is 11.0. The molecule has 142 valence electrons. The normalized spacial score (nSPS) is 50.4. The van der Waals surface area contributed by atoms with Crippen LogP contribution in [0.2, 0.25) is 0 Å². The first-order chi connectivity index (χ1) is 12.0. The van der Waals surface area contributed by atoms with Crippen molar-refractivity contribution >= 4 is 0 Å². The fourth-order valence-electron chi connectivity index (χ4n) is 8.85. The second-order valence-corrected chi connectivity index (χ2v) is 11.0. The molecule has 0 saturated heterocycles. The lowest BCUT2D eigenvalue weighted by molar-refractivity contribution is -0.114. The minimum Gasteiger partial charge on any atom is -0.103 e. The first-order valence-electron chi connectivity index (χ1n) is 11.6. The van der Waals surface area contributed by atoms with Crippen LogP contribution in [0.5, 0.6) is 0 Å². The summed E-state index contributed by atoms with van der Waals surface area (Å²) in [7, 11) is 0. The van der Waals surface area contributed by atoms with Gasteiger partial charge in [-0.3, -0.25) is 0 Å². The Bertz CT molecular complexity index is 492. The van der Waals surface area contributed by atoms with Crippen molar-refractivity contribution in [3.05, 3.63) is 12.7 Å². The van der Waals surface area contributed by atoms with Crippen LogP contribution in [0.4, 0.5) is 0 Å². The Labute approximate surface area is 157 Å². The zero-order valence-corrected chi connectivity index (χ0v) is 17.2. The minimum atomic E-state index is 0.652. The Kier molecular flexibility index (Phi) is 4.87. The van der Waals surface area contributed by atoms with Gasteiger partial charge in [0, 0.05) is 0 Å². The highest BCUT2D eigenvalue weighted by Crippen LogP contribution is 2.68. The maximum absolute atomic E-state index is 3.96. The van der Waals surface area contributed by atoms with Crippen molar-refractivity contribution in [3.8, 4) is 0 Å². The number of rotatable bonds is 4. The minimum absolute atomic E-state index is 0.652. The molecular weight excluding hydrogens is 300 g/mol. The quantitative estimate of drug-likeness (QED) is 0.460. The highest BCUT2D eigenvalue weighted by Gasteiger charge is 2.59. The molecule has 0 spiro atoms. The van der Waals surface area contributed by atoms with E-state index in [-0.39, 0.29) is 0 Å². The van der Waals surface area contributed by atoms with E-state index in [1.165, 1.54) is 38.5 Å². The first-order valence-corrected chi connectivity index (χ1v) is 11.6. The van der Waals surface area contributed by atoms with Crippen LogP contribution < -0.4 is 0 Å². The fourth-order valence-corrected chi connectivity index (χ4v) is 8.85. The van der Waals surface area contributed by atoms with E-state index in [1.807, 2.05) is 0 Å². The van der Waals surface area contributed by atoms with Crippen molar-refractivity contribution in [2.24, 2.45) is 46.3 Å². The zero-order valence-electron chi connectivity index (χ0n) is 17.2. The molecule has 8 unspecified atom stereocenters. The number of fused-ring (bicyclic) bond motifs is 5. The van der Waals surface area contributed by atoms with Crippen LogP contribution in [0.15, 0.2) is 12.7 Å². The molecule has 0 aromatic rings. The maximum Gasteiger partial charge on any atom is -0.0264 e. The molecule has 4 aliphatic rings. The molecule has 8 atom stereocenters. The van der Waals surface area contributed by atoms with E-state index in [2.05, 4.69) is 33.4 Å². The molecule has 25 heavy (non-hydrogen) atoms. The van der Waals surface area contributed by atoms with Gasteiger partial charge in [-0.15, -0.1) is 6.58 Å². The Morgan fingerprint density at radius 3 is 2.52 bits per heavy atom. The molecular formula is C25H42. The Hall–Kier alpha value is -0.260. The van der Waals surface area contributed by atoms with Crippen molar-refractivity contribution in [2.45, 2.75) is 97.8 Å². The van der Waals surface area contributed by atoms with Gasteiger partial charge in [0.15, 0.2) is 0 Å². The zero-order chi connectivity index (χ0) is 17.7. The van der Waals surface area contributed by atoms with E-state index in [4.69, 9.17) is 0 Å². The van der Waals surface area contributed by atoms with Gasteiger partial charge in [-0.1, -0.05) is 39.7 Å². The lowest BCUT2D eigenvalue weighted by Gasteiger charge is -2.61. The summed E-state index contributed by atoms with van der Waals surface area (Å²) >= 11 is 0. The van der Waals surface area contributed by atoms with E-state index in [0.29, 0.717) is 10.8 Å². The van der Waals surface area contributed by atoms with Gasteiger partial charge in [0.1, 0.15) is 0 Å². The third-order valence-electron chi connectivity index (χ3n) is 10.2. The largest absolute Gasteiger partial charge is 0.103 e. The predicted octanol–water partition coefficient (Wildman–Crippen LogP) is 7.64. The Balaban J connectivity index is 1.54. The molecule has 0 aromatic carbocycles. The van der Waals surface area contributed by atoms with Gasteiger partial charge in [0.05, 0.1) is 0 Å². The average Bonchev–Trinajstić information content (AvgIpc) is 2.96. The first kappa shape index (κ1) is 18.1. The SMILES string of the molecule is C=CCCC(C)C1CCC2C3CCC4CCCCC4(C)C3CCC12C. The molecule has 0 heterocycles. The molecule has 4 saturated carbocycles. The van der Waals surface area contributed by atoms with Crippen molar-refractivity contribution in [1.82, 2.24) is 0 Å². The van der Waals surface area contributed by atoms with E-state index in [9.17, 15) is 0 Å². The molecule has 0 nitrogen and oxygen atoms in total. The monoisotopic (exact) mass is 342 g/mol.